The van der Waals surface area contributed by atoms with Crippen LogP contribution in [-0.2, 0) is 9.53 Å². The van der Waals surface area contributed by atoms with Crippen LogP contribution >= 0.6 is 11.8 Å². The molecule has 1 N–H and O–H groups in total. The minimum atomic E-state index is -0.232. The van der Waals surface area contributed by atoms with Crippen LogP contribution in [0.4, 0.5) is 0 Å². The zero-order chi connectivity index (χ0) is 15.6. The number of H-pyrrole nitrogens is 1. The van der Waals surface area contributed by atoms with E-state index in [-0.39, 0.29) is 11.7 Å². The van der Waals surface area contributed by atoms with Crippen molar-refractivity contribution in [1.82, 2.24) is 15.2 Å². The second kappa shape index (κ2) is 9.04. The number of unbranched alkanes of at least 4 members (excludes halogenated alkanes) is 1. The molecular weight excluding hydrogens is 298 g/mol. The van der Waals surface area contributed by atoms with Crippen LogP contribution in [0.5, 0.6) is 0 Å². The number of esters is 1. The summed E-state index contributed by atoms with van der Waals surface area (Å²) < 4.78 is 5.08. The van der Waals surface area contributed by atoms with Gasteiger partial charge in [0.2, 0.25) is 5.16 Å². The molecule has 116 valence electrons. The Morgan fingerprint density at radius 3 is 2.91 bits per heavy atom. The minimum Gasteiger partial charge on any atom is -0.465 e. The average molecular weight is 317 g/mol. The number of thioether (sulfide) groups is 1. The van der Waals surface area contributed by atoms with Crippen LogP contribution in [-0.4, -0.2) is 33.5 Å². The highest BCUT2D eigenvalue weighted by atomic mass is 32.2. The summed E-state index contributed by atoms with van der Waals surface area (Å²) in [7, 11) is 0. The molecule has 22 heavy (non-hydrogen) atoms. The Morgan fingerprint density at radius 2 is 2.14 bits per heavy atom. The van der Waals surface area contributed by atoms with Crippen molar-refractivity contribution < 1.29 is 9.53 Å². The van der Waals surface area contributed by atoms with E-state index in [0.717, 1.165) is 18.4 Å². The van der Waals surface area contributed by atoms with E-state index in [4.69, 9.17) is 4.74 Å². The third kappa shape index (κ3) is 5.73. The molecular formula is C16H19N3O2S. The molecule has 2 aromatic rings. The number of ether oxygens (including phenoxy) is 1. The third-order valence-electron chi connectivity index (χ3n) is 2.80. The van der Waals surface area contributed by atoms with Crippen molar-refractivity contribution in [3.63, 3.8) is 0 Å². The van der Waals surface area contributed by atoms with E-state index in [0.29, 0.717) is 17.6 Å². The molecule has 1 aromatic heterocycles. The van der Waals surface area contributed by atoms with Gasteiger partial charge in [-0.1, -0.05) is 61.5 Å². The second-order valence-corrected chi connectivity index (χ2v) is 5.55. The van der Waals surface area contributed by atoms with Crippen molar-refractivity contribution in [2.75, 3.05) is 12.4 Å². The van der Waals surface area contributed by atoms with Crippen LogP contribution in [0.3, 0.4) is 0 Å². The highest BCUT2D eigenvalue weighted by molar-refractivity contribution is 7.99. The quantitative estimate of drug-likeness (QED) is 0.459. The lowest BCUT2D eigenvalue weighted by molar-refractivity contribution is -0.140. The van der Waals surface area contributed by atoms with E-state index >= 15 is 0 Å². The summed E-state index contributed by atoms with van der Waals surface area (Å²) in [6.07, 6.45) is 5.71. The number of carbonyl (C=O) groups excluding carboxylic acids is 1. The molecule has 0 saturated heterocycles. The monoisotopic (exact) mass is 317 g/mol. The zero-order valence-electron chi connectivity index (χ0n) is 12.5. The highest BCUT2D eigenvalue weighted by Crippen LogP contribution is 2.13. The van der Waals surface area contributed by atoms with E-state index in [1.807, 2.05) is 42.5 Å². The van der Waals surface area contributed by atoms with Gasteiger partial charge >= 0.3 is 5.97 Å². The van der Waals surface area contributed by atoms with E-state index in [1.165, 1.54) is 11.8 Å². The smallest absolute Gasteiger partial charge is 0.316 e. The topological polar surface area (TPSA) is 67.9 Å². The van der Waals surface area contributed by atoms with Crippen molar-refractivity contribution in [3.05, 3.63) is 41.7 Å². The fourth-order valence-electron chi connectivity index (χ4n) is 1.63. The zero-order valence-corrected chi connectivity index (χ0v) is 13.3. The maximum atomic E-state index is 11.5. The van der Waals surface area contributed by atoms with Gasteiger partial charge in [0.25, 0.3) is 0 Å². The van der Waals surface area contributed by atoms with Crippen molar-refractivity contribution in [3.8, 4) is 0 Å². The van der Waals surface area contributed by atoms with Gasteiger partial charge in [-0.2, -0.15) is 0 Å². The Bertz CT molecular complexity index is 611. The van der Waals surface area contributed by atoms with Gasteiger partial charge in [0.05, 0.1) is 12.4 Å². The summed E-state index contributed by atoms with van der Waals surface area (Å²) in [5.41, 5.74) is 1.09. The number of nitrogens with one attached hydrogen (secondary N) is 1. The van der Waals surface area contributed by atoms with E-state index in [9.17, 15) is 4.79 Å². The molecule has 6 heteroatoms. The summed E-state index contributed by atoms with van der Waals surface area (Å²) in [5.74, 6) is 0.652. The van der Waals surface area contributed by atoms with Crippen molar-refractivity contribution in [2.45, 2.75) is 24.9 Å². The molecule has 5 nitrogen and oxygen atoms in total. The molecule has 0 bridgehead atoms. The molecule has 1 aromatic carbocycles. The summed E-state index contributed by atoms with van der Waals surface area (Å²) in [6, 6.07) is 9.95. The maximum Gasteiger partial charge on any atom is 0.316 e. The van der Waals surface area contributed by atoms with Gasteiger partial charge in [-0.15, -0.1) is 5.10 Å². The summed E-state index contributed by atoms with van der Waals surface area (Å²) in [4.78, 5) is 15.8. The standard InChI is InChI=1S/C16H19N3O2S/c1-2-3-11-21-15(20)12-22-16-17-14(18-19-16)10-9-13-7-5-4-6-8-13/h4-10H,2-3,11-12H2,1H3,(H,17,18,19)/b10-9+. The van der Waals surface area contributed by atoms with E-state index < -0.39 is 0 Å². The normalized spacial score (nSPS) is 11.0. The van der Waals surface area contributed by atoms with Gasteiger partial charge in [-0.3, -0.25) is 9.89 Å². The lowest BCUT2D eigenvalue weighted by atomic mass is 10.2. The Hall–Kier alpha value is -2.08. The van der Waals surface area contributed by atoms with Crippen LogP contribution in [0.15, 0.2) is 35.5 Å². The number of benzene rings is 1. The van der Waals surface area contributed by atoms with Gasteiger partial charge in [0.1, 0.15) is 5.82 Å². The fourth-order valence-corrected chi connectivity index (χ4v) is 2.24. The van der Waals surface area contributed by atoms with Crippen LogP contribution in [0.2, 0.25) is 0 Å². The predicted octanol–water partition coefficient (Wildman–Crippen LogP) is 3.41. The molecule has 0 amide bonds. The molecule has 2 rings (SSSR count). The summed E-state index contributed by atoms with van der Waals surface area (Å²) in [5, 5.41) is 7.44. The molecule has 0 aliphatic carbocycles. The van der Waals surface area contributed by atoms with E-state index in [2.05, 4.69) is 22.1 Å². The molecule has 0 radical (unpaired) electrons. The number of hydrogen-bond donors (Lipinski definition) is 1. The summed E-state index contributed by atoms with van der Waals surface area (Å²) in [6.45, 7) is 2.54. The van der Waals surface area contributed by atoms with Crippen LogP contribution in [0.1, 0.15) is 31.2 Å². The second-order valence-electron chi connectivity index (χ2n) is 4.61. The molecule has 0 aliphatic rings. The first-order chi connectivity index (χ1) is 10.8. The van der Waals surface area contributed by atoms with Gasteiger partial charge in [0, 0.05) is 0 Å². The number of rotatable bonds is 8. The number of hydrogen-bond acceptors (Lipinski definition) is 5. The maximum absolute atomic E-state index is 11.5. The first kappa shape index (κ1) is 16.3. The number of carbonyl (C=O) groups is 1. The number of nitrogens with zero attached hydrogens (tertiary/aromatic N) is 2. The highest BCUT2D eigenvalue weighted by Gasteiger charge is 2.07. The predicted molar refractivity (Wildman–Crippen MR) is 88.3 cm³/mol. The van der Waals surface area contributed by atoms with E-state index in [1.54, 1.807) is 0 Å². The Labute approximate surface area is 134 Å². The lowest BCUT2D eigenvalue weighted by Crippen LogP contribution is -2.08. The largest absolute Gasteiger partial charge is 0.465 e. The fraction of sp³-hybridized carbons (Fsp3) is 0.312. The molecule has 0 atom stereocenters. The average Bonchev–Trinajstić information content (AvgIpc) is 3.00. The Kier molecular flexibility index (Phi) is 6.70. The first-order valence-electron chi connectivity index (χ1n) is 7.22. The molecule has 0 aliphatic heterocycles. The Balaban J connectivity index is 1.79. The van der Waals surface area contributed by atoms with Crippen LogP contribution < -0.4 is 0 Å². The molecule has 0 unspecified atom stereocenters. The molecule has 0 saturated carbocycles. The first-order valence-corrected chi connectivity index (χ1v) is 8.20. The number of aromatic nitrogens is 3. The molecule has 1 heterocycles. The SMILES string of the molecule is CCCCOC(=O)CSc1n[nH]c(/C=C/c2ccccc2)n1. The van der Waals surface area contributed by atoms with Crippen LogP contribution in [0, 0.1) is 0 Å². The van der Waals surface area contributed by atoms with Gasteiger partial charge in [-0.05, 0) is 18.1 Å². The van der Waals surface area contributed by atoms with Crippen LogP contribution in [0.25, 0.3) is 12.2 Å². The van der Waals surface area contributed by atoms with Gasteiger partial charge in [0.15, 0.2) is 0 Å². The third-order valence-corrected chi connectivity index (χ3v) is 3.62. The molecule has 0 spiro atoms. The Morgan fingerprint density at radius 1 is 1.32 bits per heavy atom. The summed E-state index contributed by atoms with van der Waals surface area (Å²) >= 11 is 1.27. The van der Waals surface area contributed by atoms with Crippen molar-refractivity contribution >= 4 is 29.9 Å². The number of aromatic amines is 1. The van der Waals surface area contributed by atoms with Gasteiger partial charge in [-0.25, -0.2) is 4.98 Å². The molecule has 0 fully saturated rings. The van der Waals surface area contributed by atoms with Crippen molar-refractivity contribution in [2.24, 2.45) is 0 Å². The lowest BCUT2D eigenvalue weighted by Gasteiger charge is -2.01. The van der Waals surface area contributed by atoms with Gasteiger partial charge < -0.3 is 4.74 Å². The minimum absolute atomic E-state index is 0.226. The van der Waals surface area contributed by atoms with Crippen molar-refractivity contribution in [1.29, 1.82) is 0 Å².